The van der Waals surface area contributed by atoms with Crippen LogP contribution in [0.5, 0.6) is 0 Å². The molecular weight excluding hydrogens is 134 g/mol. The number of hydrogen-bond acceptors (Lipinski definition) is 1. The first-order valence-corrected chi connectivity index (χ1v) is 4.00. The second-order valence-electron chi connectivity index (χ2n) is 2.26. The molecule has 0 spiro atoms. The first-order chi connectivity index (χ1) is 5.35. The fourth-order valence-electron chi connectivity index (χ4n) is 0.808. The van der Waals surface area contributed by atoms with E-state index in [2.05, 4.69) is 24.9 Å². The van der Waals surface area contributed by atoms with Crippen molar-refractivity contribution >= 4 is 0 Å². The molecule has 0 aliphatic heterocycles. The molecule has 1 N–H and O–H groups in total. The third-order valence-electron chi connectivity index (χ3n) is 1.29. The Bertz CT molecular complexity index is 154. The van der Waals surface area contributed by atoms with Gasteiger partial charge in [0, 0.05) is 6.54 Å². The van der Waals surface area contributed by atoms with E-state index >= 15 is 0 Å². The normalized spacial score (nSPS) is 12.4. The fourth-order valence-corrected chi connectivity index (χ4v) is 0.808. The van der Waals surface area contributed by atoms with Gasteiger partial charge < -0.3 is 5.32 Å². The van der Waals surface area contributed by atoms with Crippen LogP contribution in [-0.2, 0) is 0 Å². The van der Waals surface area contributed by atoms with Crippen molar-refractivity contribution in [2.75, 3.05) is 13.1 Å². The van der Waals surface area contributed by atoms with Gasteiger partial charge in [-0.3, -0.25) is 0 Å². The number of hydrogen-bond donors (Lipinski definition) is 1. The zero-order valence-corrected chi connectivity index (χ0v) is 7.43. The molecule has 0 atom stereocenters. The van der Waals surface area contributed by atoms with Gasteiger partial charge in [-0.15, -0.1) is 0 Å². The van der Waals surface area contributed by atoms with Gasteiger partial charge in [-0.2, -0.15) is 0 Å². The van der Waals surface area contributed by atoms with Crippen LogP contribution in [0.15, 0.2) is 36.5 Å². The molecule has 1 heteroatoms. The minimum Gasteiger partial charge on any atom is -0.313 e. The van der Waals surface area contributed by atoms with Crippen molar-refractivity contribution in [2.24, 2.45) is 0 Å². The lowest BCUT2D eigenvalue weighted by atomic mass is 10.2. The first-order valence-electron chi connectivity index (χ1n) is 4.00. The molecule has 0 rings (SSSR count). The summed E-state index contributed by atoms with van der Waals surface area (Å²) in [4.78, 5) is 0. The number of nitrogens with one attached hydrogen (secondary N) is 1. The molecule has 0 radical (unpaired) electrons. The average Bonchev–Trinajstić information content (AvgIpc) is 2.01. The Morgan fingerprint density at radius 3 is 2.73 bits per heavy atom. The highest BCUT2D eigenvalue weighted by Gasteiger charge is 1.86. The van der Waals surface area contributed by atoms with Crippen molar-refractivity contribution in [3.63, 3.8) is 0 Å². The predicted octanol–water partition coefficient (Wildman–Crippen LogP) is 2.28. The molecule has 0 bridgehead atoms. The highest BCUT2D eigenvalue weighted by Crippen LogP contribution is 1.94. The summed E-state index contributed by atoms with van der Waals surface area (Å²) in [6.45, 7) is 9.70. The lowest BCUT2D eigenvalue weighted by Gasteiger charge is -2.00. The van der Waals surface area contributed by atoms with Crippen LogP contribution >= 0.6 is 0 Å². The van der Waals surface area contributed by atoms with Gasteiger partial charge in [0.05, 0.1) is 0 Å². The van der Waals surface area contributed by atoms with Crippen molar-refractivity contribution in [1.29, 1.82) is 0 Å². The highest BCUT2D eigenvalue weighted by atomic mass is 14.8. The van der Waals surface area contributed by atoms with Crippen LogP contribution in [0.3, 0.4) is 0 Å². The Morgan fingerprint density at radius 1 is 1.55 bits per heavy atom. The molecule has 0 aromatic rings. The standard InChI is InChI=1S/C10H17N/c1-4-7-10(8-5-2)9-11-6-3/h4-5,7-8,11H,1,6,9H2,2-3H3/b8-5+,10-7+. The van der Waals surface area contributed by atoms with Crippen LogP contribution in [0.25, 0.3) is 0 Å². The third-order valence-corrected chi connectivity index (χ3v) is 1.29. The third kappa shape index (κ3) is 5.62. The maximum atomic E-state index is 3.65. The summed E-state index contributed by atoms with van der Waals surface area (Å²) in [5, 5.41) is 3.25. The van der Waals surface area contributed by atoms with Crippen molar-refractivity contribution < 1.29 is 0 Å². The monoisotopic (exact) mass is 151 g/mol. The smallest absolute Gasteiger partial charge is 0.0205 e. The van der Waals surface area contributed by atoms with Crippen LogP contribution in [0.4, 0.5) is 0 Å². The zero-order valence-electron chi connectivity index (χ0n) is 7.43. The number of rotatable bonds is 5. The molecule has 62 valence electrons. The van der Waals surface area contributed by atoms with E-state index in [1.165, 1.54) is 5.57 Å². The van der Waals surface area contributed by atoms with Gasteiger partial charge in [0.2, 0.25) is 0 Å². The van der Waals surface area contributed by atoms with Crippen molar-refractivity contribution in [3.05, 3.63) is 36.5 Å². The molecule has 0 saturated heterocycles. The van der Waals surface area contributed by atoms with Gasteiger partial charge in [0.25, 0.3) is 0 Å². The Hall–Kier alpha value is -0.820. The number of likely N-dealkylation sites (N-methyl/N-ethyl adjacent to an activating group) is 1. The second-order valence-corrected chi connectivity index (χ2v) is 2.26. The molecule has 0 aliphatic carbocycles. The molecule has 0 saturated carbocycles. The fraction of sp³-hybridized carbons (Fsp3) is 0.400. The van der Waals surface area contributed by atoms with E-state index in [1.807, 2.05) is 25.2 Å². The second kappa shape index (κ2) is 7.29. The van der Waals surface area contributed by atoms with Crippen LogP contribution in [0.1, 0.15) is 13.8 Å². The van der Waals surface area contributed by atoms with E-state index in [-0.39, 0.29) is 0 Å². The van der Waals surface area contributed by atoms with E-state index in [0.29, 0.717) is 0 Å². The van der Waals surface area contributed by atoms with E-state index < -0.39 is 0 Å². The molecule has 0 heterocycles. The molecule has 1 nitrogen and oxygen atoms in total. The molecule has 11 heavy (non-hydrogen) atoms. The molecule has 0 aromatic carbocycles. The Balaban J connectivity index is 3.89. The van der Waals surface area contributed by atoms with E-state index in [1.54, 1.807) is 0 Å². The van der Waals surface area contributed by atoms with Crippen LogP contribution in [0, 0.1) is 0 Å². The SMILES string of the molecule is C=C/C=C(\C=C\C)CNCC. The lowest BCUT2D eigenvalue weighted by molar-refractivity contribution is 0.785. The maximum Gasteiger partial charge on any atom is 0.0205 e. The number of allylic oxidation sites excluding steroid dienone is 3. The molecule has 0 fully saturated rings. The first kappa shape index (κ1) is 10.2. The van der Waals surface area contributed by atoms with Gasteiger partial charge in [0.15, 0.2) is 0 Å². The summed E-state index contributed by atoms with van der Waals surface area (Å²) in [6, 6.07) is 0. The van der Waals surface area contributed by atoms with Gasteiger partial charge >= 0.3 is 0 Å². The van der Waals surface area contributed by atoms with Crippen molar-refractivity contribution in [1.82, 2.24) is 5.32 Å². The van der Waals surface area contributed by atoms with Gasteiger partial charge in [-0.05, 0) is 19.0 Å². The minimum absolute atomic E-state index is 0.923. The van der Waals surface area contributed by atoms with E-state index in [4.69, 9.17) is 0 Å². The quantitative estimate of drug-likeness (QED) is 0.594. The molecular formula is C10H17N. The molecule has 0 amide bonds. The highest BCUT2D eigenvalue weighted by molar-refractivity contribution is 5.23. The van der Waals surface area contributed by atoms with Crippen LogP contribution in [-0.4, -0.2) is 13.1 Å². The Labute approximate surface area is 69.5 Å². The van der Waals surface area contributed by atoms with Crippen molar-refractivity contribution in [3.8, 4) is 0 Å². The Morgan fingerprint density at radius 2 is 2.27 bits per heavy atom. The van der Waals surface area contributed by atoms with Gasteiger partial charge in [-0.25, -0.2) is 0 Å². The van der Waals surface area contributed by atoms with Gasteiger partial charge in [-0.1, -0.05) is 37.8 Å². The van der Waals surface area contributed by atoms with E-state index in [9.17, 15) is 0 Å². The van der Waals surface area contributed by atoms with Crippen molar-refractivity contribution in [2.45, 2.75) is 13.8 Å². The van der Waals surface area contributed by atoms with E-state index in [0.717, 1.165) is 13.1 Å². The summed E-state index contributed by atoms with van der Waals surface area (Å²) in [7, 11) is 0. The maximum absolute atomic E-state index is 3.65. The zero-order chi connectivity index (χ0) is 8.53. The summed E-state index contributed by atoms with van der Waals surface area (Å²) >= 11 is 0. The average molecular weight is 151 g/mol. The summed E-state index contributed by atoms with van der Waals surface area (Å²) in [6.07, 6.45) is 7.95. The largest absolute Gasteiger partial charge is 0.313 e. The Kier molecular flexibility index (Phi) is 6.75. The molecule has 0 aliphatic rings. The summed E-state index contributed by atoms with van der Waals surface area (Å²) in [5.41, 5.74) is 1.27. The minimum atomic E-state index is 0.923. The summed E-state index contributed by atoms with van der Waals surface area (Å²) < 4.78 is 0. The van der Waals surface area contributed by atoms with Gasteiger partial charge in [0.1, 0.15) is 0 Å². The predicted molar refractivity (Wildman–Crippen MR) is 51.6 cm³/mol. The molecule has 0 aromatic heterocycles. The lowest BCUT2D eigenvalue weighted by Crippen LogP contribution is -2.15. The topological polar surface area (TPSA) is 12.0 Å². The summed E-state index contributed by atoms with van der Waals surface area (Å²) in [5.74, 6) is 0. The molecule has 0 unspecified atom stereocenters. The van der Waals surface area contributed by atoms with Crippen LogP contribution in [0.2, 0.25) is 0 Å². The van der Waals surface area contributed by atoms with Crippen LogP contribution < -0.4 is 5.32 Å².